The van der Waals surface area contributed by atoms with Gasteiger partial charge in [-0.25, -0.2) is 9.97 Å². The van der Waals surface area contributed by atoms with E-state index >= 15 is 0 Å². The minimum absolute atomic E-state index is 0.154. The summed E-state index contributed by atoms with van der Waals surface area (Å²) in [6, 6.07) is 5.76. The van der Waals surface area contributed by atoms with E-state index in [2.05, 4.69) is 9.97 Å². The molecule has 0 N–H and O–H groups in total. The van der Waals surface area contributed by atoms with E-state index in [4.69, 9.17) is 32.7 Å². The second kappa shape index (κ2) is 4.48. The molecule has 1 aromatic carbocycles. The number of halogens is 2. The summed E-state index contributed by atoms with van der Waals surface area (Å²) < 4.78 is 10.7. The van der Waals surface area contributed by atoms with Crippen LogP contribution < -0.4 is 9.47 Å². The number of hydrogen-bond donors (Lipinski definition) is 0. The topological polar surface area (TPSA) is 44.2 Å². The molecule has 0 amide bonds. The van der Waals surface area contributed by atoms with Crippen LogP contribution in [0.1, 0.15) is 0 Å². The number of ether oxygens (including phenoxy) is 2. The molecule has 0 saturated heterocycles. The number of benzene rings is 1. The van der Waals surface area contributed by atoms with Crippen molar-refractivity contribution in [3.63, 3.8) is 0 Å². The Balaban J connectivity index is 1.94. The summed E-state index contributed by atoms with van der Waals surface area (Å²) in [6.45, 7) is 0.253. The van der Waals surface area contributed by atoms with Gasteiger partial charge >= 0.3 is 0 Å². The van der Waals surface area contributed by atoms with Crippen molar-refractivity contribution >= 4 is 44.8 Å². The first kappa shape index (κ1) is 12.2. The minimum atomic E-state index is 0.154. The second-order valence-corrected chi connectivity index (χ2v) is 5.74. The van der Waals surface area contributed by atoms with Crippen molar-refractivity contribution in [3.05, 3.63) is 34.0 Å². The normalized spacial score (nSPS) is 13.1. The molecule has 4 rings (SSSR count). The lowest BCUT2D eigenvalue weighted by Gasteiger charge is -2.03. The van der Waals surface area contributed by atoms with E-state index in [1.54, 1.807) is 0 Å². The van der Waals surface area contributed by atoms with Gasteiger partial charge in [-0.1, -0.05) is 17.7 Å². The maximum absolute atomic E-state index is 6.19. The van der Waals surface area contributed by atoms with Gasteiger partial charge < -0.3 is 9.47 Å². The van der Waals surface area contributed by atoms with Gasteiger partial charge in [-0.05, 0) is 29.3 Å². The van der Waals surface area contributed by atoms with Crippen molar-refractivity contribution in [2.45, 2.75) is 0 Å². The molecule has 3 aromatic rings. The zero-order valence-corrected chi connectivity index (χ0v) is 12.2. The standard InChI is InChI=1S/C13H6Cl2N2O2S/c14-11-10-7(4-20-12(10)17-13(15)16-11)6-1-2-8-9(3-6)19-5-18-8/h1-4H,5H2. The lowest BCUT2D eigenvalue weighted by Crippen LogP contribution is -1.92. The van der Waals surface area contributed by atoms with Gasteiger partial charge in [-0.15, -0.1) is 11.3 Å². The van der Waals surface area contributed by atoms with Gasteiger partial charge in [0.05, 0.1) is 5.39 Å². The van der Waals surface area contributed by atoms with Crippen LogP contribution in [0.5, 0.6) is 11.5 Å². The van der Waals surface area contributed by atoms with Crippen molar-refractivity contribution in [1.29, 1.82) is 0 Å². The predicted molar refractivity (Wildman–Crippen MR) is 79.0 cm³/mol. The smallest absolute Gasteiger partial charge is 0.231 e. The molecule has 0 fully saturated rings. The fraction of sp³-hybridized carbons (Fsp3) is 0.0769. The van der Waals surface area contributed by atoms with Gasteiger partial charge in [-0.2, -0.15) is 0 Å². The van der Waals surface area contributed by atoms with Crippen molar-refractivity contribution in [2.24, 2.45) is 0 Å². The third-order valence-electron chi connectivity index (χ3n) is 3.05. The monoisotopic (exact) mass is 324 g/mol. The van der Waals surface area contributed by atoms with Gasteiger partial charge in [0.15, 0.2) is 11.5 Å². The summed E-state index contributed by atoms with van der Waals surface area (Å²) in [7, 11) is 0. The third-order valence-corrected chi connectivity index (χ3v) is 4.36. The Morgan fingerprint density at radius 3 is 2.85 bits per heavy atom. The maximum atomic E-state index is 6.19. The average Bonchev–Trinajstić information content (AvgIpc) is 3.03. The van der Waals surface area contributed by atoms with Crippen LogP contribution in [0.25, 0.3) is 21.3 Å². The molecule has 3 heterocycles. The highest BCUT2D eigenvalue weighted by molar-refractivity contribution is 7.17. The highest BCUT2D eigenvalue weighted by Crippen LogP contribution is 2.41. The van der Waals surface area contributed by atoms with Crippen LogP contribution in [0, 0.1) is 0 Å². The summed E-state index contributed by atoms with van der Waals surface area (Å²) in [6.07, 6.45) is 0. The molecular weight excluding hydrogens is 319 g/mol. The molecule has 4 nitrogen and oxygen atoms in total. The number of hydrogen-bond acceptors (Lipinski definition) is 5. The largest absolute Gasteiger partial charge is 0.454 e. The number of nitrogens with zero attached hydrogens (tertiary/aromatic N) is 2. The predicted octanol–water partition coefficient (Wildman–Crippen LogP) is 4.39. The SMILES string of the molecule is Clc1nc(Cl)c2c(-c3ccc4c(c3)OCO4)csc2n1. The zero-order chi connectivity index (χ0) is 13.7. The molecule has 0 saturated carbocycles. The molecule has 100 valence electrons. The molecule has 0 bridgehead atoms. The zero-order valence-electron chi connectivity index (χ0n) is 9.89. The molecule has 1 aliphatic heterocycles. The molecule has 2 aromatic heterocycles. The first-order valence-electron chi connectivity index (χ1n) is 5.72. The first-order valence-corrected chi connectivity index (χ1v) is 7.36. The summed E-state index contributed by atoms with van der Waals surface area (Å²) >= 11 is 13.5. The number of aromatic nitrogens is 2. The summed E-state index contributed by atoms with van der Waals surface area (Å²) in [5.74, 6) is 1.48. The first-order chi connectivity index (χ1) is 9.72. The van der Waals surface area contributed by atoms with E-state index in [1.165, 1.54) is 11.3 Å². The van der Waals surface area contributed by atoms with Crippen molar-refractivity contribution < 1.29 is 9.47 Å². The van der Waals surface area contributed by atoms with Gasteiger partial charge in [0, 0.05) is 10.9 Å². The molecule has 0 atom stereocenters. The van der Waals surface area contributed by atoms with E-state index in [-0.39, 0.29) is 12.1 Å². The van der Waals surface area contributed by atoms with Gasteiger partial charge in [0.1, 0.15) is 9.98 Å². The van der Waals surface area contributed by atoms with E-state index in [1.807, 2.05) is 23.6 Å². The van der Waals surface area contributed by atoms with Crippen LogP contribution in [0.15, 0.2) is 23.6 Å². The second-order valence-electron chi connectivity index (χ2n) is 4.18. The fourth-order valence-corrected chi connectivity index (χ4v) is 3.69. The Morgan fingerprint density at radius 1 is 1.10 bits per heavy atom. The van der Waals surface area contributed by atoms with E-state index < -0.39 is 0 Å². The molecule has 20 heavy (non-hydrogen) atoms. The van der Waals surface area contributed by atoms with Crippen LogP contribution in [0.3, 0.4) is 0 Å². The Bertz CT molecular complexity index is 835. The third kappa shape index (κ3) is 1.82. The Hall–Kier alpha value is -1.56. The lowest BCUT2D eigenvalue weighted by atomic mass is 10.1. The summed E-state index contributed by atoms with van der Waals surface area (Å²) in [5.41, 5.74) is 1.94. The Morgan fingerprint density at radius 2 is 1.95 bits per heavy atom. The Kier molecular flexibility index (Phi) is 2.73. The van der Waals surface area contributed by atoms with Gasteiger partial charge in [0.25, 0.3) is 0 Å². The van der Waals surface area contributed by atoms with Crippen LogP contribution in [-0.2, 0) is 0 Å². The van der Waals surface area contributed by atoms with E-state index in [9.17, 15) is 0 Å². The van der Waals surface area contributed by atoms with E-state index in [0.29, 0.717) is 5.15 Å². The lowest BCUT2D eigenvalue weighted by molar-refractivity contribution is 0.174. The van der Waals surface area contributed by atoms with Crippen LogP contribution in [0.4, 0.5) is 0 Å². The maximum Gasteiger partial charge on any atom is 0.231 e. The van der Waals surface area contributed by atoms with Crippen molar-refractivity contribution in [3.8, 4) is 22.6 Å². The number of fused-ring (bicyclic) bond motifs is 2. The molecular formula is C13H6Cl2N2O2S. The molecule has 0 radical (unpaired) electrons. The Labute approximate surface area is 127 Å². The fourth-order valence-electron chi connectivity index (χ4n) is 2.15. The van der Waals surface area contributed by atoms with Crippen molar-refractivity contribution in [1.82, 2.24) is 9.97 Å². The van der Waals surface area contributed by atoms with Crippen LogP contribution in [-0.4, -0.2) is 16.8 Å². The van der Waals surface area contributed by atoms with Crippen molar-refractivity contribution in [2.75, 3.05) is 6.79 Å². The summed E-state index contributed by atoms with van der Waals surface area (Å²) in [5, 5.41) is 3.30. The number of rotatable bonds is 1. The summed E-state index contributed by atoms with van der Waals surface area (Å²) in [4.78, 5) is 8.96. The molecule has 7 heteroatoms. The highest BCUT2D eigenvalue weighted by Gasteiger charge is 2.17. The minimum Gasteiger partial charge on any atom is -0.454 e. The van der Waals surface area contributed by atoms with Crippen LogP contribution in [0.2, 0.25) is 10.4 Å². The van der Waals surface area contributed by atoms with Gasteiger partial charge in [0.2, 0.25) is 12.1 Å². The molecule has 0 aliphatic carbocycles. The molecule has 0 unspecified atom stereocenters. The van der Waals surface area contributed by atoms with Crippen LogP contribution >= 0.6 is 34.5 Å². The average molecular weight is 325 g/mol. The van der Waals surface area contributed by atoms with Gasteiger partial charge in [-0.3, -0.25) is 0 Å². The number of thiophene rings is 1. The quantitative estimate of drug-likeness (QED) is 0.491. The van der Waals surface area contributed by atoms with E-state index in [0.717, 1.165) is 32.8 Å². The molecule has 1 aliphatic rings. The molecule has 0 spiro atoms. The highest BCUT2D eigenvalue weighted by atomic mass is 35.5.